The Hall–Kier alpha value is 3.56. The van der Waals surface area contributed by atoms with Gasteiger partial charge in [-0.25, -0.2) is 0 Å². The van der Waals surface area contributed by atoms with E-state index in [1.54, 1.807) is 0 Å². The molecular weight excluding hydrogens is 749 g/mol. The van der Waals surface area contributed by atoms with Crippen LogP contribution in [0.2, 0.25) is 0 Å². The Labute approximate surface area is 108 Å². The minimum Gasteiger partial charge on any atom is -1.00 e. The van der Waals surface area contributed by atoms with Gasteiger partial charge < -0.3 is 23.3 Å². The van der Waals surface area contributed by atoms with Gasteiger partial charge >= 0.3 is 44.8 Å². The second-order valence-electron chi connectivity index (χ2n) is 0. The Morgan fingerprint density at radius 1 is 0.833 bits per heavy atom. The molecular formula is Au2MoPtS2. The van der Waals surface area contributed by atoms with Crippen LogP contribution in [0.3, 0.4) is 0 Å². The molecule has 0 atom stereocenters. The van der Waals surface area contributed by atoms with Gasteiger partial charge in [0.25, 0.3) is 0 Å². The van der Waals surface area contributed by atoms with E-state index in [0.29, 0.717) is 0 Å². The number of rotatable bonds is 0. The van der Waals surface area contributed by atoms with Crippen molar-refractivity contribution >= 4 is 23.3 Å². The van der Waals surface area contributed by atoms with Crippen LogP contribution in [0.25, 0.3) is 0 Å². The van der Waals surface area contributed by atoms with Crippen LogP contribution in [0.15, 0.2) is 0 Å². The van der Waals surface area contributed by atoms with E-state index in [2.05, 4.69) is 23.3 Å². The summed E-state index contributed by atoms with van der Waals surface area (Å²) >= 11 is 7.33. The van der Waals surface area contributed by atoms with E-state index in [0.717, 1.165) is 0 Å². The molecule has 0 unspecified atom stereocenters. The Morgan fingerprint density at radius 3 is 0.833 bits per heavy atom. The van der Waals surface area contributed by atoms with Gasteiger partial charge in [-0.2, -0.15) is 0 Å². The molecule has 0 aliphatic carbocycles. The van der Waals surface area contributed by atoms with Gasteiger partial charge in [0.05, 0.1) is 0 Å². The first-order valence-electron chi connectivity index (χ1n) is 0.167. The summed E-state index contributed by atoms with van der Waals surface area (Å²) in [7, 11) is 0. The molecule has 0 aromatic carbocycles. The second kappa shape index (κ2) is 38.6. The van der Waals surface area contributed by atoms with Crippen LogP contribution in [0, 0.1) is 0 Å². The fraction of sp³-hybridized carbons (Fsp3) is 0. The molecule has 0 nitrogen and oxygen atoms in total. The summed E-state index contributed by atoms with van der Waals surface area (Å²) in [6.45, 7) is 0. The molecule has 0 spiro atoms. The third-order valence-electron chi connectivity index (χ3n) is 0. The molecule has 0 N–H and O–H groups in total. The molecule has 6 heteroatoms. The summed E-state index contributed by atoms with van der Waals surface area (Å²) in [6.07, 6.45) is 0. The zero-order valence-corrected chi connectivity index (χ0v) is 12.4. The van der Waals surface area contributed by atoms with E-state index in [1.807, 2.05) is 0 Å². The molecule has 0 aromatic heterocycles. The zero-order chi connectivity index (χ0) is 2.00. The Kier molecular flexibility index (Phi) is 217. The van der Waals surface area contributed by atoms with Crippen molar-refractivity contribution in [1.82, 2.24) is 0 Å². The maximum atomic E-state index is 3.67. The molecule has 0 amide bonds. The van der Waals surface area contributed by atoms with Gasteiger partial charge in [-0.05, 0) is 0 Å². The smallest absolute Gasteiger partial charge is 1.00 e. The summed E-state index contributed by atoms with van der Waals surface area (Å²) < 4.78 is 0. The van der Waals surface area contributed by atoms with Gasteiger partial charge in [0, 0.05) is 42.1 Å². The zero-order valence-electron chi connectivity index (χ0n) is 2.14. The fourth-order valence-electron chi connectivity index (χ4n) is 0. The van der Waals surface area contributed by atoms with Crippen molar-refractivity contribution in [2.24, 2.45) is 0 Å². The van der Waals surface area contributed by atoms with Crippen molar-refractivity contribution < 1.29 is 86.9 Å². The van der Waals surface area contributed by atoms with Crippen LogP contribution >= 0.6 is 0 Å². The van der Waals surface area contributed by atoms with Crippen LogP contribution in [0.1, 0.15) is 0 Å². The largest absolute Gasteiger partial charge is 1.00 e. The molecule has 0 aliphatic rings. The normalized spacial score (nSPS) is 1.00. The minimum absolute atomic E-state index is 0. The fourth-order valence-corrected chi connectivity index (χ4v) is 0. The molecule has 0 saturated carbocycles. The first-order valence-corrected chi connectivity index (χ1v) is 1.50. The average molecular weight is 749 g/mol. The van der Waals surface area contributed by atoms with E-state index in [9.17, 15) is 0 Å². The van der Waals surface area contributed by atoms with Crippen molar-refractivity contribution in [3.05, 3.63) is 0 Å². The summed E-state index contributed by atoms with van der Waals surface area (Å²) in [6, 6.07) is 0. The Morgan fingerprint density at radius 2 is 0.833 bits per heavy atom. The second-order valence-corrected chi connectivity index (χ2v) is 0. The standard InChI is InChI=1S/2Au.Mo.Pt.S2/c;;;;1-2/q2*+1;;;-2. The van der Waals surface area contributed by atoms with Crippen LogP contribution in [-0.4, -0.2) is 0 Å². The Balaban J connectivity index is -0.000000000833. The van der Waals surface area contributed by atoms with Gasteiger partial charge in [-0.1, -0.05) is 0 Å². The summed E-state index contributed by atoms with van der Waals surface area (Å²) in [5, 5.41) is 0. The molecule has 0 aliphatic heterocycles. The quantitative estimate of drug-likeness (QED) is 0.195. The molecule has 0 bridgehead atoms. The van der Waals surface area contributed by atoms with Gasteiger partial charge in [0.15, 0.2) is 0 Å². The SMILES string of the molecule is [Au+].[Au+].[Mo].[Pt].[S-][S-]. The molecule has 50 valence electrons. The molecule has 0 rings (SSSR count). The predicted octanol–water partition coefficient (Wildman–Crippen LogP) is -0.0148. The maximum Gasteiger partial charge on any atom is 1.00 e. The van der Waals surface area contributed by atoms with Crippen molar-refractivity contribution in [3.63, 3.8) is 0 Å². The summed E-state index contributed by atoms with van der Waals surface area (Å²) in [4.78, 5) is 0. The summed E-state index contributed by atoms with van der Waals surface area (Å²) in [5.41, 5.74) is 0. The average Bonchev–Trinajstić information content (AvgIpc) is 1.00. The molecule has 0 saturated heterocycles. The third kappa shape index (κ3) is 25.7. The van der Waals surface area contributed by atoms with E-state index >= 15 is 0 Å². The van der Waals surface area contributed by atoms with Gasteiger partial charge in [-0.3, -0.25) is 0 Å². The van der Waals surface area contributed by atoms with Crippen molar-refractivity contribution in [2.75, 3.05) is 0 Å². The van der Waals surface area contributed by atoms with Gasteiger partial charge in [0.1, 0.15) is 0 Å². The van der Waals surface area contributed by atoms with Gasteiger partial charge in [-0.15, -0.1) is 0 Å². The van der Waals surface area contributed by atoms with Crippen molar-refractivity contribution in [2.45, 2.75) is 0 Å². The molecule has 0 aromatic rings. The first kappa shape index (κ1) is 33.7. The van der Waals surface area contributed by atoms with Crippen LogP contribution < -0.4 is 0 Å². The number of hydrogen-bond donors (Lipinski definition) is 0. The minimum atomic E-state index is 0. The van der Waals surface area contributed by atoms with Gasteiger partial charge in [0.2, 0.25) is 0 Å². The predicted molar refractivity (Wildman–Crippen MR) is 14.7 cm³/mol. The van der Waals surface area contributed by atoms with E-state index in [-0.39, 0.29) is 86.9 Å². The van der Waals surface area contributed by atoms with E-state index in [4.69, 9.17) is 0 Å². The Bertz CT molecular complexity index is 11.5. The maximum absolute atomic E-state index is 3.67. The summed E-state index contributed by atoms with van der Waals surface area (Å²) in [5.74, 6) is 0. The van der Waals surface area contributed by atoms with Crippen LogP contribution in [-0.2, 0) is 110 Å². The first-order chi connectivity index (χ1) is 1.00. The molecule has 0 radical (unpaired) electrons. The monoisotopic (exact) mass is 751 g/mol. The number of hydrogen-bond acceptors (Lipinski definition) is 2. The third-order valence-corrected chi connectivity index (χ3v) is 0. The molecule has 0 fully saturated rings. The van der Waals surface area contributed by atoms with Crippen molar-refractivity contribution in [1.29, 1.82) is 0 Å². The van der Waals surface area contributed by atoms with Crippen LogP contribution in [0.4, 0.5) is 0 Å². The van der Waals surface area contributed by atoms with Crippen molar-refractivity contribution in [3.8, 4) is 0 Å². The molecule has 0 heterocycles. The van der Waals surface area contributed by atoms with E-state index in [1.165, 1.54) is 0 Å². The molecule has 6 heavy (non-hydrogen) atoms. The van der Waals surface area contributed by atoms with Crippen LogP contribution in [0.5, 0.6) is 0 Å². The topological polar surface area (TPSA) is 0 Å². The van der Waals surface area contributed by atoms with E-state index < -0.39 is 0 Å².